The summed E-state index contributed by atoms with van der Waals surface area (Å²) < 4.78 is 39.3. The molecule has 2 aromatic heterocycles. The van der Waals surface area contributed by atoms with Crippen molar-refractivity contribution in [3.8, 4) is 0 Å². The van der Waals surface area contributed by atoms with Gasteiger partial charge < -0.3 is 5.11 Å². The molecule has 23 heavy (non-hydrogen) atoms. The molecule has 0 bridgehead atoms. The summed E-state index contributed by atoms with van der Waals surface area (Å²) in [5, 5.41) is 11.3. The van der Waals surface area contributed by atoms with Gasteiger partial charge in [0.05, 0.1) is 6.20 Å². The summed E-state index contributed by atoms with van der Waals surface area (Å²) >= 11 is 1.42. The van der Waals surface area contributed by atoms with Crippen molar-refractivity contribution in [1.82, 2.24) is 0 Å². The van der Waals surface area contributed by atoms with E-state index in [9.17, 15) is 18.3 Å². The van der Waals surface area contributed by atoms with Crippen molar-refractivity contribution in [3.05, 3.63) is 29.3 Å². The van der Waals surface area contributed by atoms with Gasteiger partial charge in [-0.3, -0.25) is 0 Å². The van der Waals surface area contributed by atoms with Gasteiger partial charge in [-0.25, -0.2) is 0 Å². The molecule has 7 heteroatoms. The van der Waals surface area contributed by atoms with Gasteiger partial charge in [0.25, 0.3) is 0 Å². The number of aliphatic imine (C=N–C) groups is 1. The molecule has 1 aliphatic carbocycles. The lowest BCUT2D eigenvalue weighted by molar-refractivity contribution is -0.493. The van der Waals surface area contributed by atoms with E-state index in [1.807, 2.05) is 12.1 Å². The zero-order valence-electron chi connectivity index (χ0n) is 12.5. The topological polar surface area (TPSA) is 39.5 Å². The minimum atomic E-state index is -4.94. The Balaban J connectivity index is 2.00. The van der Waals surface area contributed by atoms with Crippen molar-refractivity contribution >= 4 is 27.9 Å². The summed E-state index contributed by atoms with van der Waals surface area (Å²) in [5.41, 5.74) is 0. The third-order valence-electron chi connectivity index (χ3n) is 4.18. The molecule has 0 spiro atoms. The molecule has 124 valence electrons. The van der Waals surface area contributed by atoms with Crippen LogP contribution in [0, 0.1) is 5.92 Å². The van der Waals surface area contributed by atoms with Gasteiger partial charge in [0.1, 0.15) is 4.88 Å². The number of fused-ring (bicyclic) bond motifs is 1. The van der Waals surface area contributed by atoms with E-state index in [4.69, 9.17) is 0 Å². The van der Waals surface area contributed by atoms with E-state index in [0.717, 1.165) is 35.4 Å². The van der Waals surface area contributed by atoms with E-state index < -0.39 is 12.1 Å². The maximum absolute atomic E-state index is 12.6. The Labute approximate surface area is 136 Å². The molecule has 3 rings (SSSR count). The van der Waals surface area contributed by atoms with Gasteiger partial charge >= 0.3 is 12.0 Å². The van der Waals surface area contributed by atoms with Gasteiger partial charge in [0.15, 0.2) is 10.7 Å². The van der Waals surface area contributed by atoms with Gasteiger partial charge in [0.2, 0.25) is 0 Å². The quantitative estimate of drug-likeness (QED) is 0.477. The van der Waals surface area contributed by atoms with E-state index in [1.165, 1.54) is 17.8 Å². The van der Waals surface area contributed by atoms with Crippen molar-refractivity contribution < 1.29 is 22.7 Å². The molecule has 0 radical (unpaired) electrons. The first-order chi connectivity index (χ1) is 10.9. The second-order valence-electron chi connectivity index (χ2n) is 5.88. The number of hydrogen-bond acceptors (Lipinski definition) is 3. The number of halogens is 3. The van der Waals surface area contributed by atoms with E-state index in [0.29, 0.717) is 12.3 Å². The molecular formula is C16H17F3N2OS. The normalized spacial score (nSPS) is 17.8. The summed E-state index contributed by atoms with van der Waals surface area (Å²) in [7, 11) is 0. The average molecular weight is 342 g/mol. The van der Waals surface area contributed by atoms with Crippen LogP contribution in [0.25, 0.3) is 4.83 Å². The van der Waals surface area contributed by atoms with Crippen molar-refractivity contribution in [3.63, 3.8) is 0 Å². The number of thiazole rings is 1. The molecule has 1 saturated carbocycles. The summed E-state index contributed by atoms with van der Waals surface area (Å²) in [6, 6.07) is 5.37. The predicted octanol–water partition coefficient (Wildman–Crippen LogP) is 3.56. The van der Waals surface area contributed by atoms with E-state index in [-0.39, 0.29) is 5.82 Å². The number of alkyl halides is 3. The van der Waals surface area contributed by atoms with Gasteiger partial charge in [0, 0.05) is 0 Å². The summed E-state index contributed by atoms with van der Waals surface area (Å²) in [6.45, 7) is 0. The molecule has 0 unspecified atom stereocenters. The van der Waals surface area contributed by atoms with Gasteiger partial charge in [-0.05, 0) is 24.5 Å². The number of hydrogen-bond donors (Lipinski definition) is 0. The largest absolute Gasteiger partial charge is 0.836 e. The maximum atomic E-state index is 12.6. The van der Waals surface area contributed by atoms with Gasteiger partial charge in [-0.2, -0.15) is 17.6 Å². The minimum Gasteiger partial charge on any atom is -0.836 e. The Morgan fingerprint density at radius 1 is 1.26 bits per heavy atom. The Morgan fingerprint density at radius 3 is 2.70 bits per heavy atom. The molecule has 0 N–H and O–H groups in total. The highest BCUT2D eigenvalue weighted by Gasteiger charge is 2.34. The Bertz CT molecular complexity index is 718. The lowest BCUT2D eigenvalue weighted by Gasteiger charge is -2.20. The third-order valence-corrected chi connectivity index (χ3v) is 5.31. The molecule has 0 saturated heterocycles. The highest BCUT2D eigenvalue weighted by Crippen LogP contribution is 2.33. The number of nitrogens with zero attached hydrogens (tertiary/aromatic N) is 2. The van der Waals surface area contributed by atoms with Gasteiger partial charge in [-0.15, -0.1) is 0 Å². The molecule has 1 fully saturated rings. The third kappa shape index (κ3) is 3.65. The smallest absolute Gasteiger partial charge is 0.443 e. The Hall–Kier alpha value is -1.63. The zero-order valence-corrected chi connectivity index (χ0v) is 13.3. The predicted molar refractivity (Wildman–Crippen MR) is 80.9 cm³/mol. The molecule has 2 aromatic rings. The standard InChI is InChI=1S/C16H17F3N2OS/c17-16(18,19)15(22)20-14-12(10-11-6-2-1-3-7-11)23-13-8-4-5-9-21(13)14/h4-5,8-9,11H,1-3,6-7,10H2. The van der Waals surface area contributed by atoms with Crippen LogP contribution in [0.1, 0.15) is 37.0 Å². The van der Waals surface area contributed by atoms with E-state index >= 15 is 0 Å². The first kappa shape index (κ1) is 16.2. The van der Waals surface area contributed by atoms with E-state index in [1.54, 1.807) is 16.7 Å². The van der Waals surface area contributed by atoms with Crippen LogP contribution in [0.5, 0.6) is 0 Å². The molecule has 2 heterocycles. The molecule has 3 nitrogen and oxygen atoms in total. The van der Waals surface area contributed by atoms with Crippen LogP contribution in [0.4, 0.5) is 19.0 Å². The number of rotatable bonds is 3. The first-order valence-corrected chi connectivity index (χ1v) is 8.52. The van der Waals surface area contributed by atoms with Crippen molar-refractivity contribution in [2.45, 2.75) is 44.7 Å². The minimum absolute atomic E-state index is 0.137. The molecule has 0 amide bonds. The number of pyridine rings is 1. The fourth-order valence-corrected chi connectivity index (χ4v) is 4.25. The van der Waals surface area contributed by atoms with Crippen LogP contribution < -0.4 is 9.51 Å². The molecular weight excluding hydrogens is 325 g/mol. The summed E-state index contributed by atoms with van der Waals surface area (Å²) in [6.07, 6.45) is 3.13. The van der Waals surface area contributed by atoms with Crippen molar-refractivity contribution in [2.24, 2.45) is 10.9 Å². The SMILES string of the molecule is [O-]/C(=N\c1c(CC2CCCCC2)sc2cccc[n+]12)C(F)(F)F. The molecule has 0 aromatic carbocycles. The van der Waals surface area contributed by atoms with Crippen molar-refractivity contribution in [2.75, 3.05) is 0 Å². The van der Waals surface area contributed by atoms with Crippen LogP contribution in [-0.4, -0.2) is 12.1 Å². The zero-order chi connectivity index (χ0) is 16.4. The highest BCUT2D eigenvalue weighted by atomic mass is 32.1. The van der Waals surface area contributed by atoms with Gasteiger partial charge in [-0.1, -0.05) is 54.5 Å². The monoisotopic (exact) mass is 342 g/mol. The summed E-state index contributed by atoms with van der Waals surface area (Å²) in [4.78, 5) is 4.96. The summed E-state index contributed by atoms with van der Waals surface area (Å²) in [5.74, 6) is -1.44. The first-order valence-electron chi connectivity index (χ1n) is 7.70. The molecule has 0 aliphatic heterocycles. The Morgan fingerprint density at radius 2 is 2.00 bits per heavy atom. The highest BCUT2D eigenvalue weighted by molar-refractivity contribution is 7.17. The van der Waals surface area contributed by atoms with Crippen LogP contribution >= 0.6 is 11.3 Å². The van der Waals surface area contributed by atoms with Crippen LogP contribution in [0.3, 0.4) is 0 Å². The second-order valence-corrected chi connectivity index (χ2v) is 7.00. The average Bonchev–Trinajstić information content (AvgIpc) is 2.85. The number of aromatic nitrogens is 1. The molecule has 0 atom stereocenters. The fourth-order valence-electron chi connectivity index (χ4n) is 3.05. The fraction of sp³-hybridized carbons (Fsp3) is 0.500. The van der Waals surface area contributed by atoms with Crippen molar-refractivity contribution in [1.29, 1.82) is 0 Å². The van der Waals surface area contributed by atoms with Crippen LogP contribution in [0.2, 0.25) is 0 Å². The van der Waals surface area contributed by atoms with Crippen LogP contribution in [0.15, 0.2) is 29.4 Å². The van der Waals surface area contributed by atoms with Crippen LogP contribution in [-0.2, 0) is 6.42 Å². The van der Waals surface area contributed by atoms with E-state index in [2.05, 4.69) is 4.99 Å². The Kier molecular flexibility index (Phi) is 4.57. The lowest BCUT2D eigenvalue weighted by atomic mass is 9.86. The molecule has 1 aliphatic rings. The second kappa shape index (κ2) is 6.47. The lowest BCUT2D eigenvalue weighted by Crippen LogP contribution is -2.35. The maximum Gasteiger partial charge on any atom is 0.443 e.